The van der Waals surface area contributed by atoms with Crippen molar-refractivity contribution in [2.75, 3.05) is 5.32 Å². The van der Waals surface area contributed by atoms with Crippen LogP contribution < -0.4 is 5.32 Å². The Kier molecular flexibility index (Phi) is 3.77. The summed E-state index contributed by atoms with van der Waals surface area (Å²) in [4.78, 5) is 4.26. The van der Waals surface area contributed by atoms with Gasteiger partial charge >= 0.3 is 0 Å². The number of anilines is 1. The normalized spacial score (nSPS) is 11.0. The van der Waals surface area contributed by atoms with Crippen molar-refractivity contribution in [1.29, 1.82) is 0 Å². The summed E-state index contributed by atoms with van der Waals surface area (Å²) in [5, 5.41) is 4.29. The van der Waals surface area contributed by atoms with Gasteiger partial charge in [0.25, 0.3) is 6.43 Å². The predicted molar refractivity (Wildman–Crippen MR) is 80.5 cm³/mol. The molecule has 0 spiro atoms. The third-order valence-corrected chi connectivity index (χ3v) is 3.30. The average Bonchev–Trinajstić information content (AvgIpc) is 2.53. The van der Waals surface area contributed by atoms with Gasteiger partial charge in [-0.05, 0) is 35.9 Å². The minimum absolute atomic E-state index is 0.0528. The Morgan fingerprint density at radius 2 is 1.90 bits per heavy atom. The van der Waals surface area contributed by atoms with Gasteiger partial charge in [0, 0.05) is 29.4 Å². The van der Waals surface area contributed by atoms with E-state index in [-0.39, 0.29) is 5.56 Å². The van der Waals surface area contributed by atoms with Gasteiger partial charge in [-0.1, -0.05) is 24.3 Å². The van der Waals surface area contributed by atoms with Gasteiger partial charge in [-0.3, -0.25) is 4.98 Å². The fourth-order valence-corrected chi connectivity index (χ4v) is 2.23. The number of rotatable bonds is 4. The van der Waals surface area contributed by atoms with Gasteiger partial charge in [0.05, 0.1) is 5.52 Å². The molecule has 0 fully saturated rings. The van der Waals surface area contributed by atoms with Crippen LogP contribution in [0.25, 0.3) is 10.9 Å². The molecule has 0 aliphatic carbocycles. The Morgan fingerprint density at radius 3 is 2.76 bits per heavy atom. The topological polar surface area (TPSA) is 24.9 Å². The molecule has 1 N–H and O–H groups in total. The average molecular weight is 284 g/mol. The molecule has 0 saturated heterocycles. The van der Waals surface area contributed by atoms with Crippen LogP contribution in [0.2, 0.25) is 0 Å². The zero-order valence-corrected chi connectivity index (χ0v) is 11.3. The Morgan fingerprint density at radius 1 is 1.00 bits per heavy atom. The molecule has 0 unspecified atom stereocenters. The SMILES string of the molecule is FC(F)c1cccc(CNc2ccc3ncccc3c2)c1. The number of nitrogens with zero attached hydrogens (tertiary/aromatic N) is 1. The lowest BCUT2D eigenvalue weighted by molar-refractivity contribution is 0.151. The lowest BCUT2D eigenvalue weighted by Gasteiger charge is -2.09. The van der Waals surface area contributed by atoms with E-state index >= 15 is 0 Å². The summed E-state index contributed by atoms with van der Waals surface area (Å²) in [6, 6.07) is 16.2. The molecule has 0 saturated carbocycles. The van der Waals surface area contributed by atoms with E-state index in [2.05, 4.69) is 10.3 Å². The molecule has 1 heterocycles. The van der Waals surface area contributed by atoms with Gasteiger partial charge in [-0.2, -0.15) is 0 Å². The number of alkyl halides is 2. The highest BCUT2D eigenvalue weighted by molar-refractivity contribution is 5.82. The van der Waals surface area contributed by atoms with E-state index in [4.69, 9.17) is 0 Å². The highest BCUT2D eigenvalue weighted by Crippen LogP contribution is 2.21. The van der Waals surface area contributed by atoms with E-state index in [1.807, 2.05) is 36.4 Å². The molecule has 0 aliphatic rings. The number of hydrogen-bond acceptors (Lipinski definition) is 2. The standard InChI is InChI=1S/C17H14F2N2/c18-17(19)14-4-1-3-12(9-14)11-21-15-6-7-16-13(10-15)5-2-8-20-16/h1-10,17,21H,11H2. The predicted octanol–water partition coefficient (Wildman–Crippen LogP) is 4.78. The Labute approximate surface area is 121 Å². The monoisotopic (exact) mass is 284 g/mol. The second-order valence-electron chi connectivity index (χ2n) is 4.81. The van der Waals surface area contributed by atoms with E-state index < -0.39 is 6.43 Å². The minimum Gasteiger partial charge on any atom is -0.381 e. The molecule has 3 rings (SSSR count). The van der Waals surface area contributed by atoms with Crippen LogP contribution in [-0.2, 0) is 6.54 Å². The van der Waals surface area contributed by atoms with Crippen molar-refractivity contribution in [1.82, 2.24) is 4.98 Å². The summed E-state index contributed by atoms with van der Waals surface area (Å²) in [6.45, 7) is 0.506. The molecule has 3 aromatic rings. The lowest BCUT2D eigenvalue weighted by atomic mass is 10.1. The summed E-state index contributed by atoms with van der Waals surface area (Å²) in [7, 11) is 0. The first-order chi connectivity index (χ1) is 10.2. The van der Waals surface area contributed by atoms with Crippen LogP contribution in [0.15, 0.2) is 60.8 Å². The van der Waals surface area contributed by atoms with Crippen molar-refractivity contribution in [3.05, 3.63) is 71.9 Å². The number of benzene rings is 2. The molecule has 2 nitrogen and oxygen atoms in total. The highest BCUT2D eigenvalue weighted by atomic mass is 19.3. The van der Waals surface area contributed by atoms with Crippen LogP contribution in [0.1, 0.15) is 17.6 Å². The van der Waals surface area contributed by atoms with Crippen LogP contribution in [0.5, 0.6) is 0 Å². The maximum Gasteiger partial charge on any atom is 0.263 e. The summed E-state index contributed by atoms with van der Waals surface area (Å²) in [5.41, 5.74) is 2.76. The van der Waals surface area contributed by atoms with Crippen molar-refractivity contribution in [2.24, 2.45) is 0 Å². The summed E-state index contributed by atoms with van der Waals surface area (Å²) in [6.07, 6.45) is -0.678. The Bertz CT molecular complexity index is 756. The van der Waals surface area contributed by atoms with Crippen molar-refractivity contribution in [2.45, 2.75) is 13.0 Å². The molecule has 21 heavy (non-hydrogen) atoms. The Balaban J connectivity index is 1.75. The van der Waals surface area contributed by atoms with E-state index in [1.165, 1.54) is 12.1 Å². The first-order valence-corrected chi connectivity index (χ1v) is 6.68. The van der Waals surface area contributed by atoms with Crippen LogP contribution in [0.3, 0.4) is 0 Å². The second-order valence-corrected chi connectivity index (χ2v) is 4.81. The first kappa shape index (κ1) is 13.5. The summed E-state index contributed by atoms with van der Waals surface area (Å²) < 4.78 is 25.3. The van der Waals surface area contributed by atoms with E-state index in [1.54, 1.807) is 12.3 Å². The molecular formula is C17H14F2N2. The van der Waals surface area contributed by atoms with Crippen molar-refractivity contribution >= 4 is 16.6 Å². The lowest BCUT2D eigenvalue weighted by Crippen LogP contribution is -2.00. The second kappa shape index (κ2) is 5.87. The molecule has 0 bridgehead atoms. The first-order valence-electron chi connectivity index (χ1n) is 6.68. The van der Waals surface area contributed by atoms with Crippen LogP contribution in [0.4, 0.5) is 14.5 Å². The molecule has 1 aromatic heterocycles. The molecule has 106 valence electrons. The zero-order valence-electron chi connectivity index (χ0n) is 11.3. The van der Waals surface area contributed by atoms with Gasteiger partial charge in [0.15, 0.2) is 0 Å². The van der Waals surface area contributed by atoms with Gasteiger partial charge in [-0.15, -0.1) is 0 Å². The van der Waals surface area contributed by atoms with Crippen molar-refractivity contribution < 1.29 is 8.78 Å². The highest BCUT2D eigenvalue weighted by Gasteiger charge is 2.06. The van der Waals surface area contributed by atoms with Crippen molar-refractivity contribution in [3.8, 4) is 0 Å². The summed E-state index contributed by atoms with van der Waals surface area (Å²) >= 11 is 0. The number of hydrogen-bond donors (Lipinski definition) is 1. The van der Waals surface area contributed by atoms with Crippen LogP contribution >= 0.6 is 0 Å². The summed E-state index contributed by atoms with van der Waals surface area (Å²) in [5.74, 6) is 0. The van der Waals surface area contributed by atoms with Gasteiger partial charge in [0.1, 0.15) is 0 Å². The molecule has 0 aliphatic heterocycles. The number of nitrogens with one attached hydrogen (secondary N) is 1. The van der Waals surface area contributed by atoms with Gasteiger partial charge < -0.3 is 5.32 Å². The fourth-order valence-electron chi connectivity index (χ4n) is 2.23. The molecule has 0 radical (unpaired) electrons. The van der Waals surface area contributed by atoms with Crippen LogP contribution in [-0.4, -0.2) is 4.98 Å². The molecule has 0 atom stereocenters. The van der Waals surface area contributed by atoms with Gasteiger partial charge in [0.2, 0.25) is 0 Å². The van der Waals surface area contributed by atoms with Crippen molar-refractivity contribution in [3.63, 3.8) is 0 Å². The maximum absolute atomic E-state index is 12.7. The molecule has 4 heteroatoms. The third kappa shape index (κ3) is 3.16. The number of pyridine rings is 1. The number of fused-ring (bicyclic) bond motifs is 1. The van der Waals surface area contributed by atoms with Gasteiger partial charge in [-0.25, -0.2) is 8.78 Å². The number of aromatic nitrogens is 1. The quantitative estimate of drug-likeness (QED) is 0.745. The smallest absolute Gasteiger partial charge is 0.263 e. The fraction of sp³-hybridized carbons (Fsp3) is 0.118. The maximum atomic E-state index is 12.7. The molecule has 0 amide bonds. The van der Waals surface area contributed by atoms with E-state index in [9.17, 15) is 8.78 Å². The Hall–Kier alpha value is -2.49. The number of halogens is 2. The zero-order chi connectivity index (χ0) is 14.7. The van der Waals surface area contributed by atoms with Crippen LogP contribution in [0, 0.1) is 0 Å². The minimum atomic E-state index is -2.43. The molecule has 2 aromatic carbocycles. The third-order valence-electron chi connectivity index (χ3n) is 3.30. The largest absolute Gasteiger partial charge is 0.381 e. The van der Waals surface area contributed by atoms with E-state index in [0.717, 1.165) is 22.2 Å². The van der Waals surface area contributed by atoms with E-state index in [0.29, 0.717) is 6.54 Å². The molecular weight excluding hydrogens is 270 g/mol.